The molecule has 0 radical (unpaired) electrons. The fourth-order valence-corrected chi connectivity index (χ4v) is 5.58. The van der Waals surface area contributed by atoms with E-state index in [9.17, 15) is 9.18 Å². The first-order valence-electron chi connectivity index (χ1n) is 10.7. The van der Waals surface area contributed by atoms with Crippen LogP contribution >= 0.6 is 23.1 Å². The summed E-state index contributed by atoms with van der Waals surface area (Å²) in [6.45, 7) is 0. The molecule has 1 N–H and O–H groups in total. The van der Waals surface area contributed by atoms with Crippen molar-refractivity contribution < 1.29 is 9.18 Å². The molecule has 0 unspecified atom stereocenters. The van der Waals surface area contributed by atoms with Gasteiger partial charge in [0.1, 0.15) is 5.82 Å². The Morgan fingerprint density at radius 3 is 2.65 bits per heavy atom. The number of amides is 1. The van der Waals surface area contributed by atoms with E-state index in [4.69, 9.17) is 5.26 Å². The molecular formula is C24H19FN6OS2. The van der Waals surface area contributed by atoms with Crippen molar-refractivity contribution in [1.29, 1.82) is 5.26 Å². The minimum Gasteiger partial charge on any atom is -0.295 e. The van der Waals surface area contributed by atoms with Gasteiger partial charge in [-0.05, 0) is 67.6 Å². The highest BCUT2D eigenvalue weighted by molar-refractivity contribution is 8.00. The Bertz CT molecular complexity index is 1370. The maximum Gasteiger partial charge on any atom is 0.278 e. The van der Waals surface area contributed by atoms with Crippen LogP contribution in [0, 0.1) is 17.1 Å². The summed E-state index contributed by atoms with van der Waals surface area (Å²) >= 11 is 2.82. The van der Waals surface area contributed by atoms with Crippen LogP contribution in [-0.4, -0.2) is 25.9 Å². The Hall–Kier alpha value is -3.55. The molecule has 10 heteroatoms. The van der Waals surface area contributed by atoms with Crippen LogP contribution in [-0.2, 0) is 18.6 Å². The van der Waals surface area contributed by atoms with E-state index >= 15 is 0 Å². The van der Waals surface area contributed by atoms with E-state index in [2.05, 4.69) is 26.7 Å². The maximum atomic E-state index is 13.4. The second-order valence-corrected chi connectivity index (χ2v) is 9.99. The van der Waals surface area contributed by atoms with Crippen LogP contribution in [0.4, 0.5) is 9.52 Å². The molecule has 1 aliphatic rings. The second-order valence-electron chi connectivity index (χ2n) is 7.79. The molecule has 2 aromatic heterocycles. The molecular weight excluding hydrogens is 471 g/mol. The number of carbonyl (C=O) groups is 1. The van der Waals surface area contributed by atoms with Crippen LogP contribution in [0.25, 0.3) is 5.69 Å². The topological polar surface area (TPSA) is 96.5 Å². The normalized spacial score (nSPS) is 12.7. The molecule has 0 aliphatic heterocycles. The third kappa shape index (κ3) is 4.71. The van der Waals surface area contributed by atoms with Crippen molar-refractivity contribution in [3.8, 4) is 11.8 Å². The van der Waals surface area contributed by atoms with Crippen molar-refractivity contribution in [3.05, 3.63) is 82.4 Å². The first-order valence-corrected chi connectivity index (χ1v) is 12.5. The Morgan fingerprint density at radius 1 is 1.12 bits per heavy atom. The van der Waals surface area contributed by atoms with Gasteiger partial charge in [0.2, 0.25) is 5.13 Å². The predicted molar refractivity (Wildman–Crippen MR) is 129 cm³/mol. The highest BCUT2D eigenvalue weighted by Crippen LogP contribution is 2.30. The summed E-state index contributed by atoms with van der Waals surface area (Å²) in [4.78, 5) is 13.1. The average molecular weight is 491 g/mol. The van der Waals surface area contributed by atoms with E-state index in [1.807, 2.05) is 12.1 Å². The molecule has 0 fully saturated rings. The number of nitrogens with one attached hydrogen (secondary N) is 1. The highest BCUT2D eigenvalue weighted by Gasteiger charge is 2.26. The minimum absolute atomic E-state index is 0.313. The van der Waals surface area contributed by atoms with Gasteiger partial charge < -0.3 is 0 Å². The molecule has 170 valence electrons. The lowest BCUT2D eigenvalue weighted by Crippen LogP contribution is -2.15. The van der Waals surface area contributed by atoms with Crippen molar-refractivity contribution in [3.63, 3.8) is 0 Å². The van der Waals surface area contributed by atoms with Gasteiger partial charge in [-0.15, -0.1) is 10.2 Å². The molecule has 1 aliphatic carbocycles. The fourth-order valence-electron chi connectivity index (χ4n) is 3.87. The molecule has 4 aromatic rings. The van der Waals surface area contributed by atoms with Crippen molar-refractivity contribution in [1.82, 2.24) is 20.0 Å². The average Bonchev–Trinajstić information content (AvgIpc) is 3.48. The first-order chi connectivity index (χ1) is 16.6. The Kier molecular flexibility index (Phi) is 6.38. The molecule has 0 spiro atoms. The van der Waals surface area contributed by atoms with Gasteiger partial charge in [0.05, 0.1) is 17.3 Å². The standard InChI is InChI=1S/C24H19FN6OS2/c25-17-9-11-18(12-10-17)31-20-4-2-1-3-19(20)21(30-31)22(32)27-23-28-29-24(34-23)33-14-16-7-5-15(13-26)6-8-16/h5-12H,1-4,14H2,(H,27,28,32). The second kappa shape index (κ2) is 9.75. The number of nitriles is 1. The van der Waals surface area contributed by atoms with Gasteiger partial charge in [-0.25, -0.2) is 9.07 Å². The predicted octanol–water partition coefficient (Wildman–Crippen LogP) is 5.16. The first kappa shape index (κ1) is 22.3. The molecule has 0 atom stereocenters. The number of hydrogen-bond donors (Lipinski definition) is 1. The highest BCUT2D eigenvalue weighted by atomic mass is 32.2. The maximum absolute atomic E-state index is 13.4. The fraction of sp³-hybridized carbons (Fsp3) is 0.208. The zero-order chi connectivity index (χ0) is 23.5. The van der Waals surface area contributed by atoms with Crippen LogP contribution in [0.2, 0.25) is 0 Å². The minimum atomic E-state index is -0.321. The lowest BCUT2D eigenvalue weighted by Gasteiger charge is -2.14. The van der Waals surface area contributed by atoms with Crippen molar-refractivity contribution in [2.24, 2.45) is 0 Å². The van der Waals surface area contributed by atoms with Gasteiger partial charge in [-0.2, -0.15) is 10.4 Å². The van der Waals surface area contributed by atoms with Gasteiger partial charge in [0.25, 0.3) is 5.91 Å². The van der Waals surface area contributed by atoms with E-state index in [1.165, 1.54) is 35.2 Å². The molecule has 0 saturated heterocycles. The zero-order valence-electron chi connectivity index (χ0n) is 18.0. The van der Waals surface area contributed by atoms with Crippen LogP contribution in [0.1, 0.15) is 45.7 Å². The van der Waals surface area contributed by atoms with Crippen molar-refractivity contribution in [2.75, 3.05) is 5.32 Å². The molecule has 2 heterocycles. The number of nitrogens with zero attached hydrogens (tertiary/aromatic N) is 5. The van der Waals surface area contributed by atoms with E-state index in [0.717, 1.165) is 52.5 Å². The number of thioether (sulfide) groups is 1. The van der Waals surface area contributed by atoms with E-state index in [-0.39, 0.29) is 11.7 Å². The number of benzene rings is 2. The van der Waals surface area contributed by atoms with Crippen LogP contribution in [0.5, 0.6) is 0 Å². The summed E-state index contributed by atoms with van der Waals surface area (Å²) in [6.07, 6.45) is 3.62. The molecule has 0 saturated carbocycles. The largest absolute Gasteiger partial charge is 0.295 e. The van der Waals surface area contributed by atoms with Gasteiger partial charge in [-0.3, -0.25) is 10.1 Å². The number of aromatic nitrogens is 4. The molecule has 2 aromatic carbocycles. The quantitative estimate of drug-likeness (QED) is 0.296. The smallest absolute Gasteiger partial charge is 0.278 e. The summed E-state index contributed by atoms with van der Waals surface area (Å²) < 4.78 is 15.9. The summed E-state index contributed by atoms with van der Waals surface area (Å²) in [7, 11) is 0. The van der Waals surface area contributed by atoms with Crippen LogP contribution < -0.4 is 5.32 Å². The third-order valence-electron chi connectivity index (χ3n) is 5.54. The molecule has 0 bridgehead atoms. The monoisotopic (exact) mass is 490 g/mol. The zero-order valence-corrected chi connectivity index (χ0v) is 19.6. The SMILES string of the molecule is N#Cc1ccc(CSc2nnc(NC(=O)c3nn(-c4ccc(F)cc4)c4c3CCCC4)s2)cc1. The number of halogens is 1. The van der Waals surface area contributed by atoms with Gasteiger partial charge >= 0.3 is 0 Å². The molecule has 34 heavy (non-hydrogen) atoms. The Morgan fingerprint density at radius 2 is 1.88 bits per heavy atom. The van der Waals surface area contributed by atoms with Crippen molar-refractivity contribution in [2.45, 2.75) is 35.8 Å². The Balaban J connectivity index is 1.30. The number of rotatable bonds is 6. The van der Waals surface area contributed by atoms with E-state index in [1.54, 1.807) is 28.9 Å². The van der Waals surface area contributed by atoms with Gasteiger partial charge in [0, 0.05) is 17.0 Å². The van der Waals surface area contributed by atoms with Gasteiger partial charge in [-0.1, -0.05) is 35.2 Å². The number of carbonyl (C=O) groups excluding carboxylic acids is 1. The molecule has 7 nitrogen and oxygen atoms in total. The molecule has 1 amide bonds. The van der Waals surface area contributed by atoms with Crippen LogP contribution in [0.3, 0.4) is 0 Å². The van der Waals surface area contributed by atoms with E-state index < -0.39 is 0 Å². The number of anilines is 1. The third-order valence-corrected chi connectivity index (χ3v) is 7.58. The summed E-state index contributed by atoms with van der Waals surface area (Å²) in [6, 6.07) is 15.6. The summed E-state index contributed by atoms with van der Waals surface area (Å²) in [5.41, 5.74) is 4.74. The van der Waals surface area contributed by atoms with E-state index in [0.29, 0.717) is 22.1 Å². The Labute approximate surface area is 203 Å². The molecule has 5 rings (SSSR count). The van der Waals surface area contributed by atoms with Crippen LogP contribution in [0.15, 0.2) is 52.9 Å². The van der Waals surface area contributed by atoms with Crippen molar-refractivity contribution >= 4 is 34.1 Å². The summed E-state index contributed by atoms with van der Waals surface area (Å²) in [5, 5.41) is 25.0. The lowest BCUT2D eigenvalue weighted by molar-refractivity contribution is 0.102. The number of fused-ring (bicyclic) bond motifs is 1. The lowest BCUT2D eigenvalue weighted by atomic mass is 9.95. The van der Waals surface area contributed by atoms with Gasteiger partial charge in [0.15, 0.2) is 10.0 Å². The summed E-state index contributed by atoms with van der Waals surface area (Å²) in [5.74, 6) is 0.0508. The number of hydrogen-bond acceptors (Lipinski definition) is 7.